The molecular formula is C28H28Cl2N4O6. The topological polar surface area (TPSA) is 127 Å². The van der Waals surface area contributed by atoms with Gasteiger partial charge in [-0.15, -0.1) is 0 Å². The van der Waals surface area contributed by atoms with Crippen LogP contribution in [0.1, 0.15) is 25.8 Å². The van der Waals surface area contributed by atoms with Crippen molar-refractivity contribution in [1.82, 2.24) is 5.43 Å². The zero-order chi connectivity index (χ0) is 28.9. The van der Waals surface area contributed by atoms with E-state index in [0.717, 1.165) is 6.42 Å². The van der Waals surface area contributed by atoms with E-state index in [0.29, 0.717) is 57.4 Å². The molecule has 0 fully saturated rings. The van der Waals surface area contributed by atoms with Gasteiger partial charge in [-0.3, -0.25) is 14.4 Å². The molecule has 12 heteroatoms. The van der Waals surface area contributed by atoms with Crippen molar-refractivity contribution in [2.45, 2.75) is 20.3 Å². The summed E-state index contributed by atoms with van der Waals surface area (Å²) in [5.41, 5.74) is 3.57. The molecular weight excluding hydrogens is 559 g/mol. The van der Waals surface area contributed by atoms with Crippen LogP contribution in [0.15, 0.2) is 65.8 Å². The van der Waals surface area contributed by atoms with Crippen molar-refractivity contribution in [3.05, 3.63) is 76.3 Å². The second-order valence-electron chi connectivity index (χ2n) is 8.13. The summed E-state index contributed by atoms with van der Waals surface area (Å²) < 4.78 is 16.7. The Kier molecular flexibility index (Phi) is 11.6. The molecule has 0 saturated heterocycles. The number of carbonyl (C=O) groups excluding carboxylic acids is 3. The van der Waals surface area contributed by atoms with Gasteiger partial charge in [-0.2, -0.15) is 5.10 Å². The van der Waals surface area contributed by atoms with Gasteiger partial charge in [-0.05, 0) is 79.6 Å². The van der Waals surface area contributed by atoms with E-state index in [-0.39, 0.29) is 6.61 Å². The molecule has 0 atom stereocenters. The third kappa shape index (κ3) is 9.48. The van der Waals surface area contributed by atoms with E-state index >= 15 is 0 Å². The number of halogens is 2. The van der Waals surface area contributed by atoms with Crippen molar-refractivity contribution in [3.8, 4) is 17.2 Å². The Balaban J connectivity index is 1.53. The van der Waals surface area contributed by atoms with Crippen LogP contribution < -0.4 is 30.3 Å². The summed E-state index contributed by atoms with van der Waals surface area (Å²) in [5, 5.41) is 9.72. The minimum Gasteiger partial charge on any atom is -0.494 e. The molecule has 0 radical (unpaired) electrons. The van der Waals surface area contributed by atoms with E-state index in [2.05, 4.69) is 21.2 Å². The van der Waals surface area contributed by atoms with Gasteiger partial charge in [0.2, 0.25) is 0 Å². The smallest absolute Gasteiger partial charge is 0.329 e. The Morgan fingerprint density at radius 2 is 1.62 bits per heavy atom. The van der Waals surface area contributed by atoms with Crippen LogP contribution in [0, 0.1) is 0 Å². The number of benzene rings is 3. The summed E-state index contributed by atoms with van der Waals surface area (Å²) in [5.74, 6) is -0.900. The van der Waals surface area contributed by atoms with E-state index in [1.165, 1.54) is 12.3 Å². The maximum atomic E-state index is 12.3. The third-order valence-corrected chi connectivity index (χ3v) is 5.55. The SMILES string of the molecule is CCCOc1ccc(NC(=O)C(=O)N/N=C\c2ccc(OCC(=O)Nc3ccc(Cl)cc3Cl)c(OCC)c2)cc1. The molecule has 0 spiro atoms. The van der Waals surface area contributed by atoms with Crippen molar-refractivity contribution >= 4 is 58.5 Å². The summed E-state index contributed by atoms with van der Waals surface area (Å²) in [7, 11) is 0. The van der Waals surface area contributed by atoms with Crippen LogP contribution in [0.2, 0.25) is 10.0 Å². The highest BCUT2D eigenvalue weighted by molar-refractivity contribution is 6.39. The Morgan fingerprint density at radius 1 is 0.850 bits per heavy atom. The summed E-state index contributed by atoms with van der Waals surface area (Å²) in [6.45, 7) is 4.43. The van der Waals surface area contributed by atoms with Gasteiger partial charge in [0, 0.05) is 10.7 Å². The standard InChI is InChI=1S/C28H28Cl2N4O6/c1-3-13-39-21-9-7-20(8-10-21)32-27(36)28(37)34-31-16-18-5-12-24(25(14-18)38-4-2)40-17-26(35)33-23-11-6-19(29)15-22(23)30/h5-12,14-16H,3-4,13,17H2,1-2H3,(H,32,36)(H,33,35)(H,34,37)/b31-16-. The number of hydrazone groups is 1. The van der Waals surface area contributed by atoms with Crippen molar-refractivity contribution in [2.75, 3.05) is 30.5 Å². The van der Waals surface area contributed by atoms with Crippen LogP contribution in [0.4, 0.5) is 11.4 Å². The zero-order valence-electron chi connectivity index (χ0n) is 21.8. The Bertz CT molecular complexity index is 1370. The van der Waals surface area contributed by atoms with Crippen molar-refractivity contribution in [3.63, 3.8) is 0 Å². The summed E-state index contributed by atoms with van der Waals surface area (Å²) in [4.78, 5) is 36.6. The van der Waals surface area contributed by atoms with Gasteiger partial charge in [-0.1, -0.05) is 30.1 Å². The molecule has 210 valence electrons. The first-order valence-corrected chi connectivity index (χ1v) is 13.1. The molecule has 40 heavy (non-hydrogen) atoms. The molecule has 3 aromatic carbocycles. The second kappa shape index (κ2) is 15.3. The molecule has 0 aliphatic carbocycles. The largest absolute Gasteiger partial charge is 0.494 e. The highest BCUT2D eigenvalue weighted by Crippen LogP contribution is 2.29. The molecule has 10 nitrogen and oxygen atoms in total. The van der Waals surface area contributed by atoms with E-state index in [1.54, 1.807) is 61.5 Å². The molecule has 0 unspecified atom stereocenters. The number of nitrogens with zero attached hydrogens (tertiary/aromatic N) is 1. The summed E-state index contributed by atoms with van der Waals surface area (Å²) in [6.07, 6.45) is 2.22. The monoisotopic (exact) mass is 586 g/mol. The van der Waals surface area contributed by atoms with E-state index in [1.807, 2.05) is 6.92 Å². The normalized spacial score (nSPS) is 10.6. The Hall–Kier alpha value is -4.28. The number of hydrogen-bond acceptors (Lipinski definition) is 7. The van der Waals surface area contributed by atoms with Crippen LogP contribution in [0.25, 0.3) is 0 Å². The van der Waals surface area contributed by atoms with Gasteiger partial charge >= 0.3 is 11.8 Å². The quantitative estimate of drug-likeness (QED) is 0.150. The van der Waals surface area contributed by atoms with E-state index in [4.69, 9.17) is 37.4 Å². The lowest BCUT2D eigenvalue weighted by atomic mass is 10.2. The first-order chi connectivity index (χ1) is 19.3. The van der Waals surface area contributed by atoms with Crippen LogP contribution in [0.5, 0.6) is 17.2 Å². The molecule has 0 saturated carbocycles. The lowest BCUT2D eigenvalue weighted by Crippen LogP contribution is -2.32. The first-order valence-electron chi connectivity index (χ1n) is 12.3. The number of ether oxygens (including phenoxy) is 3. The molecule has 0 heterocycles. The average Bonchev–Trinajstić information content (AvgIpc) is 2.94. The van der Waals surface area contributed by atoms with E-state index < -0.39 is 17.7 Å². The van der Waals surface area contributed by atoms with Crippen LogP contribution in [0.3, 0.4) is 0 Å². The fraction of sp³-hybridized carbons (Fsp3) is 0.214. The fourth-order valence-corrected chi connectivity index (χ4v) is 3.63. The van der Waals surface area contributed by atoms with Gasteiger partial charge in [0.25, 0.3) is 5.91 Å². The number of amides is 3. The highest BCUT2D eigenvalue weighted by atomic mass is 35.5. The minimum absolute atomic E-state index is 0.299. The number of nitrogens with one attached hydrogen (secondary N) is 3. The maximum absolute atomic E-state index is 12.3. The molecule has 0 aliphatic heterocycles. The number of rotatable bonds is 12. The first kappa shape index (κ1) is 30.3. The molecule has 3 N–H and O–H groups in total. The summed E-state index contributed by atoms with van der Waals surface area (Å²) >= 11 is 12.0. The summed E-state index contributed by atoms with van der Waals surface area (Å²) in [6, 6.07) is 16.2. The van der Waals surface area contributed by atoms with Crippen molar-refractivity contribution in [2.24, 2.45) is 5.10 Å². The fourth-order valence-electron chi connectivity index (χ4n) is 3.17. The van der Waals surface area contributed by atoms with Gasteiger partial charge in [0.15, 0.2) is 18.1 Å². The average molecular weight is 587 g/mol. The molecule has 0 aromatic heterocycles. The van der Waals surface area contributed by atoms with Crippen molar-refractivity contribution in [1.29, 1.82) is 0 Å². The molecule has 3 rings (SSSR count). The minimum atomic E-state index is -0.945. The molecule has 3 amide bonds. The molecule has 0 aliphatic rings. The van der Waals surface area contributed by atoms with Gasteiger partial charge < -0.3 is 24.8 Å². The molecule has 0 bridgehead atoms. The maximum Gasteiger partial charge on any atom is 0.329 e. The number of anilines is 2. The van der Waals surface area contributed by atoms with Gasteiger partial charge in [0.1, 0.15) is 5.75 Å². The van der Waals surface area contributed by atoms with Gasteiger partial charge in [-0.25, -0.2) is 5.43 Å². The zero-order valence-corrected chi connectivity index (χ0v) is 23.3. The Morgan fingerprint density at radius 3 is 2.33 bits per heavy atom. The predicted octanol–water partition coefficient (Wildman–Crippen LogP) is 5.29. The van der Waals surface area contributed by atoms with Crippen molar-refractivity contribution < 1.29 is 28.6 Å². The highest BCUT2D eigenvalue weighted by Gasteiger charge is 2.14. The van der Waals surface area contributed by atoms with E-state index in [9.17, 15) is 14.4 Å². The molecule has 3 aromatic rings. The third-order valence-electron chi connectivity index (χ3n) is 5.00. The number of hydrogen-bond donors (Lipinski definition) is 3. The van der Waals surface area contributed by atoms with Crippen LogP contribution in [-0.2, 0) is 14.4 Å². The van der Waals surface area contributed by atoms with Crippen LogP contribution >= 0.6 is 23.2 Å². The lowest BCUT2D eigenvalue weighted by Gasteiger charge is -2.13. The van der Waals surface area contributed by atoms with Crippen LogP contribution in [-0.4, -0.2) is 43.8 Å². The predicted molar refractivity (Wildman–Crippen MR) is 155 cm³/mol. The lowest BCUT2D eigenvalue weighted by molar-refractivity contribution is -0.136. The Labute approximate surface area is 241 Å². The second-order valence-corrected chi connectivity index (χ2v) is 8.97. The number of carbonyl (C=O) groups is 3. The van der Waals surface area contributed by atoms with Gasteiger partial charge in [0.05, 0.1) is 30.1 Å².